The van der Waals surface area contributed by atoms with Crippen LogP contribution in [0.3, 0.4) is 0 Å². The van der Waals surface area contributed by atoms with E-state index in [4.69, 9.17) is 0 Å². The molecular formula is C12H19N3O2. The number of nitrogens with one attached hydrogen (secondary N) is 1. The molecule has 5 heteroatoms. The number of hydrogen-bond acceptors (Lipinski definition) is 4. The van der Waals surface area contributed by atoms with Crippen molar-refractivity contribution in [3.63, 3.8) is 0 Å². The Labute approximate surface area is 101 Å². The Balaban J connectivity index is 2.88. The third-order valence-electron chi connectivity index (χ3n) is 2.57. The maximum Gasteiger partial charge on any atom is 0.239 e. The molecule has 0 spiro atoms. The summed E-state index contributed by atoms with van der Waals surface area (Å²) in [5.74, 6) is 0.644. The number of likely N-dealkylation sites (N-methyl/N-ethyl adjacent to an activating group) is 2. The van der Waals surface area contributed by atoms with Crippen LogP contribution in [-0.4, -0.2) is 36.1 Å². The fourth-order valence-corrected chi connectivity index (χ4v) is 1.47. The Kier molecular flexibility index (Phi) is 4.90. The highest BCUT2D eigenvalue weighted by atomic mass is 16.3. The summed E-state index contributed by atoms with van der Waals surface area (Å²) in [6.07, 6.45) is 1.11. The van der Waals surface area contributed by atoms with Crippen LogP contribution in [0.1, 0.15) is 25.5 Å². The highest BCUT2D eigenvalue weighted by Gasteiger charge is 2.11. The monoisotopic (exact) mass is 237 g/mol. The smallest absolute Gasteiger partial charge is 0.239 e. The minimum atomic E-state index is -0.532. The summed E-state index contributed by atoms with van der Waals surface area (Å²) in [7, 11) is 1.61. The van der Waals surface area contributed by atoms with E-state index in [1.54, 1.807) is 32.3 Å². The van der Waals surface area contributed by atoms with Crippen LogP contribution >= 0.6 is 0 Å². The average Bonchev–Trinajstić information content (AvgIpc) is 2.35. The number of aliphatic hydroxyl groups is 1. The summed E-state index contributed by atoms with van der Waals surface area (Å²) < 4.78 is 0. The van der Waals surface area contributed by atoms with Crippen LogP contribution < -0.4 is 10.2 Å². The number of carbonyl (C=O) groups excluding carboxylic acids is 1. The highest BCUT2D eigenvalue weighted by molar-refractivity contribution is 5.80. The molecule has 1 atom stereocenters. The van der Waals surface area contributed by atoms with Gasteiger partial charge in [-0.1, -0.05) is 0 Å². The first kappa shape index (κ1) is 13.4. The van der Waals surface area contributed by atoms with Crippen LogP contribution in [0, 0.1) is 0 Å². The maximum absolute atomic E-state index is 11.3. The molecular weight excluding hydrogens is 218 g/mol. The molecule has 0 aliphatic heterocycles. The van der Waals surface area contributed by atoms with Crippen LogP contribution in [0.5, 0.6) is 0 Å². The van der Waals surface area contributed by atoms with Gasteiger partial charge in [0.05, 0.1) is 12.6 Å². The van der Waals surface area contributed by atoms with Crippen molar-refractivity contribution in [2.75, 3.05) is 25.0 Å². The van der Waals surface area contributed by atoms with Crippen molar-refractivity contribution in [1.82, 2.24) is 10.3 Å². The van der Waals surface area contributed by atoms with Gasteiger partial charge in [0.15, 0.2) is 0 Å². The van der Waals surface area contributed by atoms with Crippen molar-refractivity contribution in [1.29, 1.82) is 0 Å². The minimum Gasteiger partial charge on any atom is -0.389 e. The van der Waals surface area contributed by atoms with Gasteiger partial charge in [-0.2, -0.15) is 0 Å². The summed E-state index contributed by atoms with van der Waals surface area (Å²) in [5.41, 5.74) is 0.797. The Bertz CT molecular complexity index is 380. The van der Waals surface area contributed by atoms with Crippen molar-refractivity contribution >= 4 is 11.7 Å². The van der Waals surface area contributed by atoms with Crippen LogP contribution in [0.25, 0.3) is 0 Å². The molecule has 17 heavy (non-hydrogen) atoms. The molecule has 2 N–H and O–H groups in total. The number of anilines is 1. The van der Waals surface area contributed by atoms with Gasteiger partial charge in [0.2, 0.25) is 5.91 Å². The van der Waals surface area contributed by atoms with E-state index in [0.29, 0.717) is 12.4 Å². The molecule has 0 saturated heterocycles. The number of rotatable bonds is 5. The van der Waals surface area contributed by atoms with Crippen LogP contribution in [-0.2, 0) is 4.79 Å². The molecule has 1 amide bonds. The Hall–Kier alpha value is -1.62. The van der Waals surface area contributed by atoms with E-state index >= 15 is 0 Å². The normalized spacial score (nSPS) is 12.0. The second kappa shape index (κ2) is 6.20. The molecule has 0 aromatic carbocycles. The maximum atomic E-state index is 11.3. The van der Waals surface area contributed by atoms with Gasteiger partial charge in [0, 0.05) is 19.8 Å². The topological polar surface area (TPSA) is 65.5 Å². The van der Waals surface area contributed by atoms with Crippen molar-refractivity contribution in [2.45, 2.75) is 20.0 Å². The van der Waals surface area contributed by atoms with E-state index in [2.05, 4.69) is 10.3 Å². The van der Waals surface area contributed by atoms with Crippen LogP contribution in [0.15, 0.2) is 18.3 Å². The SMILES string of the molecule is CCN(CC(=O)NC)c1cc([C@H](C)O)ccn1. The van der Waals surface area contributed by atoms with Crippen LogP contribution in [0.2, 0.25) is 0 Å². The number of aromatic nitrogens is 1. The second-order valence-electron chi connectivity index (χ2n) is 3.81. The molecule has 0 radical (unpaired) electrons. The molecule has 0 saturated carbocycles. The quantitative estimate of drug-likeness (QED) is 0.791. The third kappa shape index (κ3) is 3.71. The van der Waals surface area contributed by atoms with E-state index in [1.807, 2.05) is 11.8 Å². The molecule has 1 aromatic heterocycles. The van der Waals surface area contributed by atoms with E-state index in [9.17, 15) is 9.90 Å². The number of aliphatic hydroxyl groups excluding tert-OH is 1. The highest BCUT2D eigenvalue weighted by Crippen LogP contribution is 2.17. The standard InChI is InChI=1S/C12H19N3O2/c1-4-15(8-12(17)13-3)11-7-10(9(2)16)5-6-14-11/h5-7,9,16H,4,8H2,1-3H3,(H,13,17)/t9-/m0/s1. The number of pyridine rings is 1. The lowest BCUT2D eigenvalue weighted by Crippen LogP contribution is -2.36. The molecule has 94 valence electrons. The van der Waals surface area contributed by atoms with Gasteiger partial charge in [-0.3, -0.25) is 4.79 Å². The van der Waals surface area contributed by atoms with Crippen molar-refractivity contribution in [3.05, 3.63) is 23.9 Å². The van der Waals surface area contributed by atoms with Gasteiger partial charge in [-0.05, 0) is 31.5 Å². The second-order valence-corrected chi connectivity index (χ2v) is 3.81. The molecule has 0 fully saturated rings. The Morgan fingerprint density at radius 3 is 2.88 bits per heavy atom. The zero-order valence-corrected chi connectivity index (χ0v) is 10.5. The summed E-state index contributed by atoms with van der Waals surface area (Å²) in [6, 6.07) is 3.57. The summed E-state index contributed by atoms with van der Waals surface area (Å²) in [6.45, 7) is 4.61. The van der Waals surface area contributed by atoms with Gasteiger partial charge in [-0.25, -0.2) is 4.98 Å². The first-order valence-electron chi connectivity index (χ1n) is 5.68. The molecule has 1 aromatic rings. The predicted molar refractivity (Wildman–Crippen MR) is 66.8 cm³/mol. The molecule has 5 nitrogen and oxygen atoms in total. The third-order valence-corrected chi connectivity index (χ3v) is 2.57. The largest absolute Gasteiger partial charge is 0.389 e. The number of nitrogens with zero attached hydrogens (tertiary/aromatic N) is 2. The van der Waals surface area contributed by atoms with Gasteiger partial charge in [0.25, 0.3) is 0 Å². The van der Waals surface area contributed by atoms with Crippen LogP contribution in [0.4, 0.5) is 5.82 Å². The Morgan fingerprint density at radius 1 is 1.65 bits per heavy atom. The minimum absolute atomic E-state index is 0.0592. The zero-order valence-electron chi connectivity index (χ0n) is 10.5. The zero-order chi connectivity index (χ0) is 12.8. The predicted octanol–water partition coefficient (Wildman–Crippen LogP) is 0.707. The van der Waals surface area contributed by atoms with Gasteiger partial charge >= 0.3 is 0 Å². The Morgan fingerprint density at radius 2 is 2.35 bits per heavy atom. The fourth-order valence-electron chi connectivity index (χ4n) is 1.47. The van der Waals surface area contributed by atoms with Gasteiger partial charge in [0.1, 0.15) is 5.82 Å². The molecule has 0 unspecified atom stereocenters. The van der Waals surface area contributed by atoms with E-state index in [1.165, 1.54) is 0 Å². The van der Waals surface area contributed by atoms with E-state index in [-0.39, 0.29) is 12.5 Å². The van der Waals surface area contributed by atoms with E-state index in [0.717, 1.165) is 5.56 Å². The molecule has 1 rings (SSSR count). The molecule has 0 aliphatic rings. The molecule has 0 aliphatic carbocycles. The molecule has 1 heterocycles. The number of hydrogen-bond donors (Lipinski definition) is 2. The summed E-state index contributed by atoms with van der Waals surface area (Å²) in [5, 5.41) is 12.1. The van der Waals surface area contributed by atoms with Gasteiger partial charge < -0.3 is 15.3 Å². The fraction of sp³-hybridized carbons (Fsp3) is 0.500. The first-order valence-corrected chi connectivity index (χ1v) is 5.68. The lowest BCUT2D eigenvalue weighted by Gasteiger charge is -2.21. The number of carbonyl (C=O) groups is 1. The average molecular weight is 237 g/mol. The number of amides is 1. The van der Waals surface area contributed by atoms with Crippen molar-refractivity contribution in [3.8, 4) is 0 Å². The molecule has 0 bridgehead atoms. The summed E-state index contributed by atoms with van der Waals surface area (Å²) >= 11 is 0. The lowest BCUT2D eigenvalue weighted by molar-refractivity contribution is -0.119. The lowest BCUT2D eigenvalue weighted by atomic mass is 10.1. The van der Waals surface area contributed by atoms with E-state index < -0.39 is 6.10 Å². The van der Waals surface area contributed by atoms with Crippen molar-refractivity contribution in [2.24, 2.45) is 0 Å². The van der Waals surface area contributed by atoms with Crippen molar-refractivity contribution < 1.29 is 9.90 Å². The van der Waals surface area contributed by atoms with Gasteiger partial charge in [-0.15, -0.1) is 0 Å². The summed E-state index contributed by atoms with van der Waals surface area (Å²) in [4.78, 5) is 17.4. The first-order chi connectivity index (χ1) is 8.08.